The third kappa shape index (κ3) is 5.82. The maximum atomic E-state index is 8.87. The molecule has 1 aromatic rings. The molecule has 0 bridgehead atoms. The van der Waals surface area contributed by atoms with Crippen molar-refractivity contribution in [3.63, 3.8) is 0 Å². The summed E-state index contributed by atoms with van der Waals surface area (Å²) in [5.41, 5.74) is 2.83. The van der Waals surface area contributed by atoms with E-state index in [0.717, 1.165) is 18.8 Å². The molecule has 1 N–H and O–H groups in total. The standard InChI is InChI=1S/C20H32O/c1-17(7-5-10-18-8-3-2-4-9-18)20-14-12-19(13-15-20)11-6-16-21/h12-15,17-18,21H,2-11,16H2,1H3. The van der Waals surface area contributed by atoms with E-state index in [9.17, 15) is 0 Å². The van der Waals surface area contributed by atoms with E-state index in [0.29, 0.717) is 12.5 Å². The molecule has 0 aromatic heterocycles. The molecule has 0 aliphatic heterocycles. The SMILES string of the molecule is CC(CCCC1CCCCC1)c1ccc(CCCO)cc1. The van der Waals surface area contributed by atoms with Gasteiger partial charge >= 0.3 is 0 Å². The first-order valence-corrected chi connectivity index (χ1v) is 8.99. The summed E-state index contributed by atoms with van der Waals surface area (Å²) in [4.78, 5) is 0. The van der Waals surface area contributed by atoms with Crippen LogP contribution in [0.2, 0.25) is 0 Å². The summed E-state index contributed by atoms with van der Waals surface area (Å²) in [5.74, 6) is 1.70. The molecule has 1 unspecified atom stereocenters. The van der Waals surface area contributed by atoms with E-state index in [1.165, 1.54) is 62.5 Å². The van der Waals surface area contributed by atoms with Crippen LogP contribution in [0.15, 0.2) is 24.3 Å². The maximum absolute atomic E-state index is 8.87. The fraction of sp³-hybridized carbons (Fsp3) is 0.700. The Labute approximate surface area is 130 Å². The van der Waals surface area contributed by atoms with Crippen molar-refractivity contribution >= 4 is 0 Å². The summed E-state index contributed by atoms with van der Waals surface area (Å²) in [5, 5.41) is 8.87. The van der Waals surface area contributed by atoms with Crippen molar-refractivity contribution in [2.75, 3.05) is 6.61 Å². The normalized spacial score (nSPS) is 17.8. The number of aryl methyl sites for hydroxylation is 1. The van der Waals surface area contributed by atoms with Gasteiger partial charge in [0.2, 0.25) is 0 Å². The van der Waals surface area contributed by atoms with Crippen LogP contribution in [0.25, 0.3) is 0 Å². The maximum Gasteiger partial charge on any atom is 0.0434 e. The first-order chi connectivity index (χ1) is 10.3. The molecule has 1 saturated carbocycles. The van der Waals surface area contributed by atoms with Gasteiger partial charge in [0, 0.05) is 6.61 Å². The molecular weight excluding hydrogens is 256 g/mol. The van der Waals surface area contributed by atoms with Crippen molar-refractivity contribution in [2.45, 2.75) is 77.0 Å². The summed E-state index contributed by atoms with van der Waals surface area (Å²) < 4.78 is 0. The summed E-state index contributed by atoms with van der Waals surface area (Å²) in [6.07, 6.45) is 13.4. The molecule has 1 nitrogen and oxygen atoms in total. The van der Waals surface area contributed by atoms with Gasteiger partial charge in [0.25, 0.3) is 0 Å². The lowest BCUT2D eigenvalue weighted by molar-refractivity contribution is 0.288. The van der Waals surface area contributed by atoms with Gasteiger partial charge in [-0.25, -0.2) is 0 Å². The Kier molecular flexibility index (Phi) is 7.29. The Morgan fingerprint density at radius 2 is 1.76 bits per heavy atom. The van der Waals surface area contributed by atoms with Crippen LogP contribution in [0.4, 0.5) is 0 Å². The van der Waals surface area contributed by atoms with Gasteiger partial charge in [-0.2, -0.15) is 0 Å². The molecule has 1 aliphatic carbocycles. The molecule has 2 rings (SSSR count). The Balaban J connectivity index is 1.70. The molecule has 1 heteroatoms. The van der Waals surface area contributed by atoms with Gasteiger partial charge < -0.3 is 5.11 Å². The van der Waals surface area contributed by atoms with E-state index in [2.05, 4.69) is 31.2 Å². The van der Waals surface area contributed by atoms with Crippen molar-refractivity contribution < 1.29 is 5.11 Å². The minimum atomic E-state index is 0.291. The minimum Gasteiger partial charge on any atom is -0.396 e. The highest BCUT2D eigenvalue weighted by atomic mass is 16.2. The lowest BCUT2D eigenvalue weighted by atomic mass is 9.84. The lowest BCUT2D eigenvalue weighted by Crippen LogP contribution is -2.06. The third-order valence-electron chi connectivity index (χ3n) is 5.15. The Hall–Kier alpha value is -0.820. The topological polar surface area (TPSA) is 20.2 Å². The Morgan fingerprint density at radius 3 is 2.43 bits per heavy atom. The zero-order chi connectivity index (χ0) is 14.9. The Morgan fingerprint density at radius 1 is 1.05 bits per heavy atom. The van der Waals surface area contributed by atoms with Crippen LogP contribution in [-0.4, -0.2) is 11.7 Å². The van der Waals surface area contributed by atoms with Gasteiger partial charge in [-0.05, 0) is 42.2 Å². The molecule has 1 aliphatic rings. The van der Waals surface area contributed by atoms with E-state index in [1.807, 2.05) is 0 Å². The lowest BCUT2D eigenvalue weighted by Gasteiger charge is -2.22. The highest BCUT2D eigenvalue weighted by molar-refractivity contribution is 5.25. The second-order valence-electron chi connectivity index (χ2n) is 6.90. The van der Waals surface area contributed by atoms with Gasteiger partial charge in [-0.1, -0.05) is 76.1 Å². The summed E-state index contributed by atoms with van der Waals surface area (Å²) in [6, 6.07) is 9.06. The second-order valence-corrected chi connectivity index (χ2v) is 6.90. The minimum absolute atomic E-state index is 0.291. The number of rotatable bonds is 8. The zero-order valence-electron chi connectivity index (χ0n) is 13.7. The summed E-state index contributed by atoms with van der Waals surface area (Å²) in [7, 11) is 0. The number of aliphatic hydroxyl groups is 1. The molecule has 1 aromatic carbocycles. The van der Waals surface area contributed by atoms with Crippen LogP contribution in [0.5, 0.6) is 0 Å². The quantitative estimate of drug-likeness (QED) is 0.673. The first kappa shape index (κ1) is 16.5. The van der Waals surface area contributed by atoms with Gasteiger partial charge in [0.15, 0.2) is 0 Å². The predicted molar refractivity (Wildman–Crippen MR) is 90.7 cm³/mol. The van der Waals surface area contributed by atoms with Crippen molar-refractivity contribution in [1.82, 2.24) is 0 Å². The molecule has 0 saturated heterocycles. The Bertz CT molecular complexity index is 375. The fourth-order valence-electron chi connectivity index (χ4n) is 3.65. The van der Waals surface area contributed by atoms with E-state index < -0.39 is 0 Å². The number of benzene rings is 1. The molecule has 21 heavy (non-hydrogen) atoms. The van der Waals surface area contributed by atoms with Gasteiger partial charge in [0.05, 0.1) is 0 Å². The highest BCUT2D eigenvalue weighted by Crippen LogP contribution is 2.30. The molecule has 1 atom stereocenters. The fourth-order valence-corrected chi connectivity index (χ4v) is 3.65. The largest absolute Gasteiger partial charge is 0.396 e. The zero-order valence-corrected chi connectivity index (χ0v) is 13.7. The van der Waals surface area contributed by atoms with Gasteiger partial charge in [0.1, 0.15) is 0 Å². The summed E-state index contributed by atoms with van der Waals surface area (Å²) in [6.45, 7) is 2.66. The average Bonchev–Trinajstić information content (AvgIpc) is 2.54. The van der Waals surface area contributed by atoms with Crippen LogP contribution in [0.3, 0.4) is 0 Å². The number of hydrogen-bond acceptors (Lipinski definition) is 1. The van der Waals surface area contributed by atoms with E-state index in [4.69, 9.17) is 5.11 Å². The van der Waals surface area contributed by atoms with Crippen LogP contribution in [-0.2, 0) is 6.42 Å². The molecule has 0 spiro atoms. The molecule has 1 fully saturated rings. The number of aliphatic hydroxyl groups excluding tert-OH is 1. The number of hydrogen-bond donors (Lipinski definition) is 1. The van der Waals surface area contributed by atoms with Crippen molar-refractivity contribution in [3.05, 3.63) is 35.4 Å². The molecular formula is C20H32O. The molecule has 0 heterocycles. The van der Waals surface area contributed by atoms with Crippen LogP contribution < -0.4 is 0 Å². The average molecular weight is 288 g/mol. The van der Waals surface area contributed by atoms with E-state index in [1.54, 1.807) is 0 Å². The van der Waals surface area contributed by atoms with Gasteiger partial charge in [-0.15, -0.1) is 0 Å². The van der Waals surface area contributed by atoms with Gasteiger partial charge in [-0.3, -0.25) is 0 Å². The van der Waals surface area contributed by atoms with Crippen molar-refractivity contribution in [1.29, 1.82) is 0 Å². The van der Waals surface area contributed by atoms with E-state index in [-0.39, 0.29) is 0 Å². The summed E-state index contributed by atoms with van der Waals surface area (Å²) >= 11 is 0. The third-order valence-corrected chi connectivity index (χ3v) is 5.15. The van der Waals surface area contributed by atoms with Crippen LogP contribution in [0.1, 0.15) is 81.8 Å². The monoisotopic (exact) mass is 288 g/mol. The molecule has 118 valence electrons. The van der Waals surface area contributed by atoms with Crippen molar-refractivity contribution in [3.8, 4) is 0 Å². The van der Waals surface area contributed by atoms with Crippen LogP contribution >= 0.6 is 0 Å². The molecule has 0 radical (unpaired) electrons. The smallest absolute Gasteiger partial charge is 0.0434 e. The van der Waals surface area contributed by atoms with Crippen molar-refractivity contribution in [2.24, 2.45) is 5.92 Å². The van der Waals surface area contributed by atoms with Crippen LogP contribution in [0, 0.1) is 5.92 Å². The highest BCUT2D eigenvalue weighted by Gasteiger charge is 2.13. The molecule has 0 amide bonds. The van der Waals surface area contributed by atoms with E-state index >= 15 is 0 Å². The second kappa shape index (κ2) is 9.25. The predicted octanol–water partition coefficient (Wildman–Crippen LogP) is 5.47. The first-order valence-electron chi connectivity index (χ1n) is 8.99.